The smallest absolute Gasteiger partial charge is 0.123 e. The van der Waals surface area contributed by atoms with Gasteiger partial charge in [-0.3, -0.25) is 4.98 Å². The first-order chi connectivity index (χ1) is 7.70. The van der Waals surface area contributed by atoms with Crippen molar-refractivity contribution in [2.24, 2.45) is 0 Å². The molecular formula is C12H9ClFNO. The molecule has 0 saturated carbocycles. The van der Waals surface area contributed by atoms with Crippen LogP contribution in [0.1, 0.15) is 5.56 Å². The predicted molar refractivity (Wildman–Crippen MR) is 60.6 cm³/mol. The van der Waals surface area contributed by atoms with Gasteiger partial charge in [0, 0.05) is 17.3 Å². The second-order valence-corrected chi connectivity index (χ2v) is 3.76. The van der Waals surface area contributed by atoms with Crippen molar-refractivity contribution in [1.29, 1.82) is 0 Å². The fourth-order valence-electron chi connectivity index (χ4n) is 1.47. The van der Waals surface area contributed by atoms with Crippen molar-refractivity contribution < 1.29 is 9.50 Å². The Labute approximate surface area is 97.3 Å². The van der Waals surface area contributed by atoms with Gasteiger partial charge in [0.25, 0.3) is 0 Å². The number of hydrogen-bond acceptors (Lipinski definition) is 2. The Kier molecular flexibility index (Phi) is 3.17. The Balaban J connectivity index is 2.51. The van der Waals surface area contributed by atoms with Crippen LogP contribution in [0.2, 0.25) is 5.02 Å². The second-order valence-electron chi connectivity index (χ2n) is 3.33. The van der Waals surface area contributed by atoms with Crippen LogP contribution in [0.3, 0.4) is 0 Å². The molecule has 0 atom stereocenters. The third kappa shape index (κ3) is 2.21. The summed E-state index contributed by atoms with van der Waals surface area (Å²) in [5.74, 6) is -0.303. The molecule has 0 amide bonds. The minimum absolute atomic E-state index is 0.153. The Morgan fingerprint density at radius 1 is 1.25 bits per heavy atom. The lowest BCUT2D eigenvalue weighted by Crippen LogP contribution is -1.93. The van der Waals surface area contributed by atoms with E-state index in [1.807, 2.05) is 0 Å². The number of rotatable bonds is 2. The predicted octanol–water partition coefficient (Wildman–Crippen LogP) is 3.03. The molecule has 16 heavy (non-hydrogen) atoms. The van der Waals surface area contributed by atoms with Crippen LogP contribution in [0, 0.1) is 5.82 Å². The van der Waals surface area contributed by atoms with E-state index in [1.54, 1.807) is 18.2 Å². The van der Waals surface area contributed by atoms with Crippen LogP contribution in [0.15, 0.2) is 36.5 Å². The van der Waals surface area contributed by atoms with E-state index in [1.165, 1.54) is 18.3 Å². The normalized spacial score (nSPS) is 10.4. The largest absolute Gasteiger partial charge is 0.392 e. The van der Waals surface area contributed by atoms with E-state index in [-0.39, 0.29) is 12.4 Å². The van der Waals surface area contributed by atoms with E-state index < -0.39 is 0 Å². The highest BCUT2D eigenvalue weighted by molar-refractivity contribution is 6.30. The van der Waals surface area contributed by atoms with Crippen LogP contribution in [0.5, 0.6) is 0 Å². The van der Waals surface area contributed by atoms with Gasteiger partial charge >= 0.3 is 0 Å². The lowest BCUT2D eigenvalue weighted by atomic mass is 10.1. The highest BCUT2D eigenvalue weighted by Gasteiger charge is 2.06. The Morgan fingerprint density at radius 2 is 1.94 bits per heavy atom. The number of halogens is 2. The third-order valence-electron chi connectivity index (χ3n) is 2.22. The summed E-state index contributed by atoms with van der Waals surface area (Å²) in [4.78, 5) is 4.13. The minimum atomic E-state index is -0.303. The van der Waals surface area contributed by atoms with Crippen molar-refractivity contribution in [3.05, 3.63) is 52.9 Å². The number of pyridine rings is 1. The average molecular weight is 238 g/mol. The molecule has 82 valence electrons. The molecule has 0 bridgehead atoms. The first-order valence-electron chi connectivity index (χ1n) is 4.72. The van der Waals surface area contributed by atoms with E-state index in [0.29, 0.717) is 16.3 Å². The molecule has 0 radical (unpaired) electrons. The van der Waals surface area contributed by atoms with E-state index in [2.05, 4.69) is 4.98 Å². The van der Waals surface area contributed by atoms with Crippen LogP contribution in [-0.4, -0.2) is 10.1 Å². The summed E-state index contributed by atoms with van der Waals surface area (Å²) in [6, 6.07) is 7.59. The monoisotopic (exact) mass is 237 g/mol. The maximum absolute atomic E-state index is 12.8. The van der Waals surface area contributed by atoms with Crippen LogP contribution < -0.4 is 0 Å². The average Bonchev–Trinajstić information content (AvgIpc) is 2.30. The zero-order valence-electron chi connectivity index (χ0n) is 8.32. The maximum atomic E-state index is 12.8. The summed E-state index contributed by atoms with van der Waals surface area (Å²) in [5.41, 5.74) is 1.99. The van der Waals surface area contributed by atoms with Crippen molar-refractivity contribution >= 4 is 11.6 Å². The highest BCUT2D eigenvalue weighted by atomic mass is 35.5. The number of aliphatic hydroxyl groups excluding tert-OH is 1. The van der Waals surface area contributed by atoms with E-state index >= 15 is 0 Å². The van der Waals surface area contributed by atoms with Gasteiger partial charge in [0.1, 0.15) is 5.82 Å². The summed E-state index contributed by atoms with van der Waals surface area (Å²) < 4.78 is 12.8. The molecule has 0 aliphatic carbocycles. The van der Waals surface area contributed by atoms with Crippen molar-refractivity contribution in [3.8, 4) is 11.3 Å². The SMILES string of the molecule is OCc1cc(Cl)cnc1-c1ccc(F)cc1. The van der Waals surface area contributed by atoms with Crippen molar-refractivity contribution in [2.45, 2.75) is 6.61 Å². The molecule has 0 saturated heterocycles. The lowest BCUT2D eigenvalue weighted by molar-refractivity contribution is 0.282. The topological polar surface area (TPSA) is 33.1 Å². The molecule has 0 aliphatic rings. The summed E-state index contributed by atoms with van der Waals surface area (Å²) in [7, 11) is 0. The standard InChI is InChI=1S/C12H9ClFNO/c13-10-5-9(7-16)12(15-6-10)8-1-3-11(14)4-2-8/h1-6,16H,7H2. The van der Waals surface area contributed by atoms with Gasteiger partial charge in [-0.05, 0) is 30.3 Å². The van der Waals surface area contributed by atoms with Gasteiger partial charge in [0.15, 0.2) is 0 Å². The summed E-state index contributed by atoms with van der Waals surface area (Å²) in [5, 5.41) is 9.65. The van der Waals surface area contributed by atoms with Crippen molar-refractivity contribution in [1.82, 2.24) is 4.98 Å². The van der Waals surface area contributed by atoms with Gasteiger partial charge in [-0.15, -0.1) is 0 Å². The minimum Gasteiger partial charge on any atom is -0.392 e. The Bertz CT molecular complexity index is 499. The van der Waals surface area contributed by atoms with Gasteiger partial charge in [-0.25, -0.2) is 4.39 Å². The summed E-state index contributed by atoms with van der Waals surface area (Å²) in [6.45, 7) is -0.153. The number of hydrogen-bond donors (Lipinski definition) is 1. The zero-order chi connectivity index (χ0) is 11.5. The molecule has 0 fully saturated rings. The van der Waals surface area contributed by atoms with E-state index in [0.717, 1.165) is 5.56 Å². The number of aliphatic hydroxyl groups is 1. The zero-order valence-corrected chi connectivity index (χ0v) is 9.08. The quantitative estimate of drug-likeness (QED) is 0.871. The first-order valence-corrected chi connectivity index (χ1v) is 5.09. The molecule has 4 heteroatoms. The van der Waals surface area contributed by atoms with Gasteiger partial charge < -0.3 is 5.11 Å². The highest BCUT2D eigenvalue weighted by Crippen LogP contribution is 2.24. The number of benzene rings is 1. The summed E-state index contributed by atoms with van der Waals surface area (Å²) >= 11 is 5.77. The molecule has 1 N–H and O–H groups in total. The van der Waals surface area contributed by atoms with Gasteiger partial charge in [0.2, 0.25) is 0 Å². The fraction of sp³-hybridized carbons (Fsp3) is 0.0833. The number of nitrogens with zero attached hydrogens (tertiary/aromatic N) is 1. The van der Waals surface area contributed by atoms with Crippen molar-refractivity contribution in [2.75, 3.05) is 0 Å². The van der Waals surface area contributed by atoms with Gasteiger partial charge in [-0.1, -0.05) is 11.6 Å². The van der Waals surface area contributed by atoms with Crippen molar-refractivity contribution in [3.63, 3.8) is 0 Å². The molecule has 2 nitrogen and oxygen atoms in total. The van der Waals surface area contributed by atoms with Crippen LogP contribution in [-0.2, 0) is 6.61 Å². The van der Waals surface area contributed by atoms with Crippen LogP contribution >= 0.6 is 11.6 Å². The molecule has 0 unspecified atom stereocenters. The van der Waals surface area contributed by atoms with Crippen LogP contribution in [0.25, 0.3) is 11.3 Å². The summed E-state index contributed by atoms with van der Waals surface area (Å²) in [6.07, 6.45) is 1.50. The lowest BCUT2D eigenvalue weighted by Gasteiger charge is -2.06. The van der Waals surface area contributed by atoms with Gasteiger partial charge in [0.05, 0.1) is 17.3 Å². The molecule has 1 heterocycles. The van der Waals surface area contributed by atoms with Gasteiger partial charge in [-0.2, -0.15) is 0 Å². The Morgan fingerprint density at radius 3 is 2.56 bits per heavy atom. The molecular weight excluding hydrogens is 229 g/mol. The second kappa shape index (κ2) is 4.60. The van der Waals surface area contributed by atoms with Crippen LogP contribution in [0.4, 0.5) is 4.39 Å². The molecule has 1 aromatic heterocycles. The van der Waals surface area contributed by atoms with E-state index in [9.17, 15) is 9.50 Å². The number of aromatic nitrogens is 1. The maximum Gasteiger partial charge on any atom is 0.123 e. The Hall–Kier alpha value is -1.45. The molecule has 0 spiro atoms. The first kappa shape index (κ1) is 11.0. The fourth-order valence-corrected chi connectivity index (χ4v) is 1.65. The molecule has 0 aliphatic heterocycles. The molecule has 2 rings (SSSR count). The third-order valence-corrected chi connectivity index (χ3v) is 2.43. The molecule has 1 aromatic carbocycles. The van der Waals surface area contributed by atoms with E-state index in [4.69, 9.17) is 11.6 Å². The molecule has 2 aromatic rings.